The van der Waals surface area contributed by atoms with Crippen molar-refractivity contribution in [2.45, 2.75) is 12.0 Å². The molecule has 1 unspecified atom stereocenters. The average Bonchev–Trinajstić information content (AvgIpc) is 2.79. The van der Waals surface area contributed by atoms with Crippen LogP contribution in [0.2, 0.25) is 0 Å². The van der Waals surface area contributed by atoms with Crippen molar-refractivity contribution >= 4 is 5.91 Å². The van der Waals surface area contributed by atoms with Crippen molar-refractivity contribution in [3.63, 3.8) is 0 Å². The van der Waals surface area contributed by atoms with E-state index in [9.17, 15) is 4.79 Å². The molecular formula is C10H19N3O2. The summed E-state index contributed by atoms with van der Waals surface area (Å²) in [7, 11) is 1.71. The fraction of sp³-hybridized carbons (Fsp3) is 0.900. The second-order valence-electron chi connectivity index (χ2n) is 4.14. The average molecular weight is 213 g/mol. The molecule has 2 heterocycles. The van der Waals surface area contributed by atoms with E-state index in [2.05, 4.69) is 15.5 Å². The van der Waals surface area contributed by atoms with Gasteiger partial charge in [0.25, 0.3) is 0 Å². The van der Waals surface area contributed by atoms with Crippen molar-refractivity contribution in [2.75, 3.05) is 46.4 Å². The summed E-state index contributed by atoms with van der Waals surface area (Å²) in [6.45, 7) is 4.86. The Hall–Kier alpha value is -0.650. The number of carbonyl (C=O) groups is 1. The molecule has 15 heavy (non-hydrogen) atoms. The van der Waals surface area contributed by atoms with Crippen LogP contribution in [-0.4, -0.2) is 62.8 Å². The van der Waals surface area contributed by atoms with Crippen molar-refractivity contribution < 1.29 is 9.53 Å². The molecule has 0 spiro atoms. The second-order valence-corrected chi connectivity index (χ2v) is 4.14. The number of likely N-dealkylation sites (N-methyl/N-ethyl adjacent to an activating group) is 1. The highest BCUT2D eigenvalue weighted by Gasteiger charge is 2.46. The van der Waals surface area contributed by atoms with E-state index in [0.29, 0.717) is 0 Å². The largest absolute Gasteiger partial charge is 0.379 e. The van der Waals surface area contributed by atoms with Crippen molar-refractivity contribution in [1.29, 1.82) is 0 Å². The molecule has 0 aliphatic carbocycles. The second kappa shape index (κ2) is 4.47. The summed E-state index contributed by atoms with van der Waals surface area (Å²) in [5.41, 5.74) is -0.335. The van der Waals surface area contributed by atoms with Gasteiger partial charge in [-0.05, 0) is 13.0 Å². The number of nitrogens with zero attached hydrogens (tertiary/aromatic N) is 1. The van der Waals surface area contributed by atoms with Gasteiger partial charge >= 0.3 is 0 Å². The quantitative estimate of drug-likeness (QED) is 0.605. The predicted octanol–water partition coefficient (Wildman–Crippen LogP) is -1.20. The predicted molar refractivity (Wildman–Crippen MR) is 56.7 cm³/mol. The van der Waals surface area contributed by atoms with Crippen molar-refractivity contribution in [3.8, 4) is 0 Å². The van der Waals surface area contributed by atoms with Gasteiger partial charge in [-0.25, -0.2) is 0 Å². The lowest BCUT2D eigenvalue weighted by atomic mass is 9.94. The first-order valence-corrected chi connectivity index (χ1v) is 5.55. The summed E-state index contributed by atoms with van der Waals surface area (Å²) in [5.74, 6) is 0.134. The molecule has 5 heteroatoms. The van der Waals surface area contributed by atoms with Gasteiger partial charge in [0, 0.05) is 26.7 Å². The highest BCUT2D eigenvalue weighted by molar-refractivity contribution is 5.86. The molecule has 2 aliphatic rings. The lowest BCUT2D eigenvalue weighted by molar-refractivity contribution is -0.135. The smallest absolute Gasteiger partial charge is 0.241 e. The molecule has 0 bridgehead atoms. The van der Waals surface area contributed by atoms with Crippen LogP contribution in [0.5, 0.6) is 0 Å². The fourth-order valence-electron chi connectivity index (χ4n) is 2.51. The topological polar surface area (TPSA) is 53.6 Å². The molecule has 0 aromatic heterocycles. The lowest BCUT2D eigenvalue weighted by Crippen LogP contribution is -2.62. The molecule has 0 aromatic carbocycles. The van der Waals surface area contributed by atoms with E-state index in [1.54, 1.807) is 7.05 Å². The third-order valence-corrected chi connectivity index (χ3v) is 3.40. The van der Waals surface area contributed by atoms with Gasteiger partial charge < -0.3 is 15.4 Å². The van der Waals surface area contributed by atoms with Crippen LogP contribution < -0.4 is 10.6 Å². The minimum Gasteiger partial charge on any atom is -0.379 e. The highest BCUT2D eigenvalue weighted by atomic mass is 16.5. The summed E-state index contributed by atoms with van der Waals surface area (Å²) in [4.78, 5) is 14.3. The zero-order valence-electron chi connectivity index (χ0n) is 9.21. The molecule has 1 amide bonds. The summed E-state index contributed by atoms with van der Waals surface area (Å²) >= 11 is 0. The highest BCUT2D eigenvalue weighted by Crippen LogP contribution is 2.24. The fourth-order valence-corrected chi connectivity index (χ4v) is 2.51. The van der Waals surface area contributed by atoms with Crippen LogP contribution in [0.4, 0.5) is 0 Å². The Morgan fingerprint density at radius 3 is 2.73 bits per heavy atom. The summed E-state index contributed by atoms with van der Waals surface area (Å²) in [5, 5.41) is 6.07. The zero-order valence-corrected chi connectivity index (χ0v) is 9.21. The Morgan fingerprint density at radius 2 is 2.20 bits per heavy atom. The molecule has 2 saturated heterocycles. The molecule has 2 fully saturated rings. The van der Waals surface area contributed by atoms with Crippen LogP contribution in [0.1, 0.15) is 6.42 Å². The van der Waals surface area contributed by atoms with Gasteiger partial charge in [0.05, 0.1) is 13.2 Å². The Labute approximate surface area is 90.1 Å². The van der Waals surface area contributed by atoms with Crippen LogP contribution in [0.25, 0.3) is 0 Å². The number of carbonyl (C=O) groups excluding carboxylic acids is 1. The number of morpholine rings is 1. The zero-order chi connectivity index (χ0) is 10.7. The number of hydrogen-bond donors (Lipinski definition) is 2. The monoisotopic (exact) mass is 213 g/mol. The van der Waals surface area contributed by atoms with Crippen LogP contribution in [0, 0.1) is 0 Å². The Balaban J connectivity index is 2.13. The molecule has 86 valence electrons. The first-order chi connectivity index (χ1) is 7.29. The lowest BCUT2D eigenvalue weighted by Gasteiger charge is -2.41. The van der Waals surface area contributed by atoms with E-state index in [1.807, 2.05) is 0 Å². The molecule has 0 radical (unpaired) electrons. The van der Waals surface area contributed by atoms with Crippen LogP contribution in [0.15, 0.2) is 0 Å². The molecule has 1 atom stereocenters. The summed E-state index contributed by atoms with van der Waals surface area (Å²) in [6.07, 6.45) is 0.896. The number of ether oxygens (including phenoxy) is 1. The standard InChI is InChI=1S/C10H19N3O2/c1-11-9(14)10(2-3-12-8-10)13-4-6-15-7-5-13/h12H,2-8H2,1H3,(H,11,14). The minimum absolute atomic E-state index is 0.134. The number of hydrogen-bond acceptors (Lipinski definition) is 4. The van der Waals surface area contributed by atoms with E-state index in [0.717, 1.165) is 45.8 Å². The van der Waals surface area contributed by atoms with Crippen LogP contribution >= 0.6 is 0 Å². The van der Waals surface area contributed by atoms with Gasteiger partial charge in [0.2, 0.25) is 5.91 Å². The molecule has 2 aliphatic heterocycles. The molecular weight excluding hydrogens is 194 g/mol. The maximum atomic E-state index is 12.0. The summed E-state index contributed by atoms with van der Waals surface area (Å²) in [6, 6.07) is 0. The Kier molecular flexibility index (Phi) is 3.23. The maximum absolute atomic E-state index is 12.0. The van der Waals surface area contributed by atoms with Crippen LogP contribution in [0.3, 0.4) is 0 Å². The third kappa shape index (κ3) is 1.87. The van der Waals surface area contributed by atoms with Gasteiger partial charge in [-0.15, -0.1) is 0 Å². The van der Waals surface area contributed by atoms with Gasteiger partial charge in [-0.1, -0.05) is 0 Å². The van der Waals surface area contributed by atoms with Gasteiger partial charge in [0.1, 0.15) is 5.54 Å². The maximum Gasteiger partial charge on any atom is 0.241 e. The molecule has 2 N–H and O–H groups in total. The Bertz CT molecular complexity index is 233. The van der Waals surface area contributed by atoms with Crippen molar-refractivity contribution in [1.82, 2.24) is 15.5 Å². The van der Waals surface area contributed by atoms with Crippen molar-refractivity contribution in [3.05, 3.63) is 0 Å². The van der Waals surface area contributed by atoms with Gasteiger partial charge in [-0.3, -0.25) is 9.69 Å². The number of rotatable bonds is 2. The van der Waals surface area contributed by atoms with Crippen molar-refractivity contribution in [2.24, 2.45) is 0 Å². The first kappa shape index (κ1) is 10.9. The van der Waals surface area contributed by atoms with E-state index in [-0.39, 0.29) is 11.4 Å². The first-order valence-electron chi connectivity index (χ1n) is 5.55. The van der Waals surface area contributed by atoms with Gasteiger partial charge in [0.15, 0.2) is 0 Å². The number of amides is 1. The number of nitrogens with one attached hydrogen (secondary N) is 2. The van der Waals surface area contributed by atoms with E-state index in [1.165, 1.54) is 0 Å². The molecule has 0 aromatic rings. The summed E-state index contributed by atoms with van der Waals surface area (Å²) < 4.78 is 5.32. The normalized spacial score (nSPS) is 32.9. The Morgan fingerprint density at radius 1 is 1.47 bits per heavy atom. The van der Waals surface area contributed by atoms with E-state index >= 15 is 0 Å². The minimum atomic E-state index is -0.335. The van der Waals surface area contributed by atoms with E-state index < -0.39 is 0 Å². The van der Waals surface area contributed by atoms with E-state index in [4.69, 9.17) is 4.74 Å². The SMILES string of the molecule is CNC(=O)C1(N2CCOCC2)CCNC1. The molecule has 0 saturated carbocycles. The molecule has 2 rings (SSSR count). The van der Waals surface area contributed by atoms with Gasteiger partial charge in [-0.2, -0.15) is 0 Å². The molecule has 5 nitrogen and oxygen atoms in total. The third-order valence-electron chi connectivity index (χ3n) is 3.40. The van der Waals surface area contributed by atoms with Crippen LogP contribution in [-0.2, 0) is 9.53 Å².